The van der Waals surface area contributed by atoms with Crippen LogP contribution in [0, 0.1) is 0 Å². The SMILES string of the molecule is CCCCCCC=CCCCCC(O)CCC. The van der Waals surface area contributed by atoms with E-state index in [1.807, 2.05) is 0 Å². The fourth-order valence-electron chi connectivity index (χ4n) is 2.04. The summed E-state index contributed by atoms with van der Waals surface area (Å²) in [5.74, 6) is 0. The van der Waals surface area contributed by atoms with E-state index in [1.165, 1.54) is 51.4 Å². The van der Waals surface area contributed by atoms with Crippen molar-refractivity contribution in [1.82, 2.24) is 0 Å². The summed E-state index contributed by atoms with van der Waals surface area (Å²) in [6, 6.07) is 0. The first kappa shape index (κ1) is 16.7. The molecule has 0 aliphatic carbocycles. The predicted octanol–water partition coefficient (Wildman–Crippen LogP) is 5.23. The Morgan fingerprint density at radius 2 is 1.41 bits per heavy atom. The number of aliphatic hydroxyl groups excluding tert-OH is 1. The van der Waals surface area contributed by atoms with Gasteiger partial charge in [-0.3, -0.25) is 0 Å². The highest BCUT2D eigenvalue weighted by atomic mass is 16.3. The Kier molecular flexibility index (Phi) is 13.5. The molecule has 1 heteroatoms. The first-order valence-corrected chi connectivity index (χ1v) is 7.64. The van der Waals surface area contributed by atoms with Crippen LogP contribution in [0.15, 0.2) is 12.2 Å². The Morgan fingerprint density at radius 3 is 2.00 bits per heavy atom. The standard InChI is InChI=1S/C16H32O/c1-3-5-6-7-8-9-10-11-12-13-15-16(17)14-4-2/h9-10,16-17H,3-8,11-15H2,1-2H3. The summed E-state index contributed by atoms with van der Waals surface area (Å²) >= 11 is 0. The highest BCUT2D eigenvalue weighted by Gasteiger charge is 2.00. The van der Waals surface area contributed by atoms with Crippen LogP contribution in [0.5, 0.6) is 0 Å². The lowest BCUT2D eigenvalue weighted by Gasteiger charge is -2.07. The molecule has 1 N–H and O–H groups in total. The molecule has 0 saturated heterocycles. The molecule has 0 aromatic heterocycles. The van der Waals surface area contributed by atoms with Crippen LogP contribution in [0.2, 0.25) is 0 Å². The Balaban J connectivity index is 3.13. The smallest absolute Gasteiger partial charge is 0.0540 e. The number of hydrogen-bond donors (Lipinski definition) is 1. The molecular weight excluding hydrogens is 208 g/mol. The minimum atomic E-state index is -0.0574. The topological polar surface area (TPSA) is 20.2 Å². The first-order chi connectivity index (χ1) is 8.31. The summed E-state index contributed by atoms with van der Waals surface area (Å²) < 4.78 is 0. The number of unbranched alkanes of at least 4 members (excludes halogenated alkanes) is 6. The molecule has 0 aliphatic rings. The second kappa shape index (κ2) is 13.8. The van der Waals surface area contributed by atoms with Gasteiger partial charge in [-0.25, -0.2) is 0 Å². The third-order valence-electron chi connectivity index (χ3n) is 3.17. The molecule has 1 atom stereocenters. The molecule has 1 nitrogen and oxygen atoms in total. The van der Waals surface area contributed by atoms with Crippen molar-refractivity contribution >= 4 is 0 Å². The van der Waals surface area contributed by atoms with E-state index in [2.05, 4.69) is 26.0 Å². The van der Waals surface area contributed by atoms with Crippen molar-refractivity contribution in [3.8, 4) is 0 Å². The number of rotatable bonds is 12. The van der Waals surface area contributed by atoms with Crippen molar-refractivity contribution in [2.45, 2.75) is 90.6 Å². The summed E-state index contributed by atoms with van der Waals surface area (Å²) in [7, 11) is 0. The second-order valence-electron chi connectivity index (χ2n) is 5.05. The van der Waals surface area contributed by atoms with E-state index in [4.69, 9.17) is 0 Å². The summed E-state index contributed by atoms with van der Waals surface area (Å²) in [4.78, 5) is 0. The molecule has 0 fully saturated rings. The van der Waals surface area contributed by atoms with Gasteiger partial charge in [-0.15, -0.1) is 0 Å². The lowest BCUT2D eigenvalue weighted by Crippen LogP contribution is -2.04. The largest absolute Gasteiger partial charge is 0.393 e. The minimum Gasteiger partial charge on any atom is -0.393 e. The molecule has 0 amide bonds. The van der Waals surface area contributed by atoms with Gasteiger partial charge >= 0.3 is 0 Å². The summed E-state index contributed by atoms with van der Waals surface area (Å²) in [6.07, 6.45) is 17.9. The number of allylic oxidation sites excluding steroid dienone is 2. The summed E-state index contributed by atoms with van der Waals surface area (Å²) in [6.45, 7) is 4.38. The van der Waals surface area contributed by atoms with E-state index in [9.17, 15) is 5.11 Å². The molecule has 0 radical (unpaired) electrons. The zero-order valence-corrected chi connectivity index (χ0v) is 12.0. The average Bonchev–Trinajstić information content (AvgIpc) is 2.32. The van der Waals surface area contributed by atoms with Crippen LogP contribution in [0.25, 0.3) is 0 Å². The van der Waals surface area contributed by atoms with Gasteiger partial charge in [-0.05, 0) is 38.5 Å². The van der Waals surface area contributed by atoms with Crippen molar-refractivity contribution in [2.24, 2.45) is 0 Å². The van der Waals surface area contributed by atoms with Crippen molar-refractivity contribution in [3.63, 3.8) is 0 Å². The third-order valence-corrected chi connectivity index (χ3v) is 3.17. The number of aliphatic hydroxyl groups is 1. The number of hydrogen-bond acceptors (Lipinski definition) is 1. The Morgan fingerprint density at radius 1 is 0.765 bits per heavy atom. The van der Waals surface area contributed by atoms with E-state index in [0.717, 1.165) is 19.3 Å². The van der Waals surface area contributed by atoms with Crippen molar-refractivity contribution in [3.05, 3.63) is 12.2 Å². The van der Waals surface area contributed by atoms with Crippen LogP contribution in [0.4, 0.5) is 0 Å². The molecule has 17 heavy (non-hydrogen) atoms. The van der Waals surface area contributed by atoms with Crippen molar-refractivity contribution < 1.29 is 5.11 Å². The van der Waals surface area contributed by atoms with Gasteiger partial charge < -0.3 is 5.11 Å². The highest BCUT2D eigenvalue weighted by molar-refractivity contribution is 4.81. The van der Waals surface area contributed by atoms with Gasteiger partial charge in [-0.1, -0.05) is 58.1 Å². The van der Waals surface area contributed by atoms with Gasteiger partial charge in [0.2, 0.25) is 0 Å². The fraction of sp³-hybridized carbons (Fsp3) is 0.875. The van der Waals surface area contributed by atoms with Crippen LogP contribution in [-0.2, 0) is 0 Å². The molecule has 0 aromatic rings. The lowest BCUT2D eigenvalue weighted by atomic mass is 10.1. The van der Waals surface area contributed by atoms with Gasteiger partial charge in [0.1, 0.15) is 0 Å². The predicted molar refractivity (Wildman–Crippen MR) is 77.3 cm³/mol. The normalized spacial score (nSPS) is 13.4. The zero-order valence-electron chi connectivity index (χ0n) is 12.0. The van der Waals surface area contributed by atoms with Crippen molar-refractivity contribution in [2.75, 3.05) is 0 Å². The maximum absolute atomic E-state index is 9.55. The van der Waals surface area contributed by atoms with Gasteiger partial charge in [0.05, 0.1) is 6.10 Å². The maximum atomic E-state index is 9.55. The Labute approximate surface area is 108 Å². The van der Waals surface area contributed by atoms with Crippen molar-refractivity contribution in [1.29, 1.82) is 0 Å². The summed E-state index contributed by atoms with van der Waals surface area (Å²) in [5, 5.41) is 9.55. The Hall–Kier alpha value is -0.300. The molecule has 0 heterocycles. The van der Waals surface area contributed by atoms with E-state index in [-0.39, 0.29) is 6.10 Å². The van der Waals surface area contributed by atoms with Crippen LogP contribution >= 0.6 is 0 Å². The molecule has 0 aliphatic heterocycles. The maximum Gasteiger partial charge on any atom is 0.0540 e. The summed E-state index contributed by atoms with van der Waals surface area (Å²) in [5.41, 5.74) is 0. The molecule has 1 unspecified atom stereocenters. The monoisotopic (exact) mass is 240 g/mol. The molecule has 102 valence electrons. The molecule has 0 rings (SSSR count). The van der Waals surface area contributed by atoms with Gasteiger partial charge in [0.15, 0.2) is 0 Å². The van der Waals surface area contributed by atoms with E-state index >= 15 is 0 Å². The average molecular weight is 240 g/mol. The quantitative estimate of drug-likeness (QED) is 0.365. The van der Waals surface area contributed by atoms with Gasteiger partial charge in [-0.2, -0.15) is 0 Å². The third kappa shape index (κ3) is 13.6. The zero-order chi connectivity index (χ0) is 12.8. The van der Waals surface area contributed by atoms with Crippen LogP contribution in [0.3, 0.4) is 0 Å². The van der Waals surface area contributed by atoms with Gasteiger partial charge in [0, 0.05) is 0 Å². The first-order valence-electron chi connectivity index (χ1n) is 7.64. The highest BCUT2D eigenvalue weighted by Crippen LogP contribution is 2.09. The Bertz CT molecular complexity index is 163. The van der Waals surface area contributed by atoms with Crippen LogP contribution < -0.4 is 0 Å². The molecular formula is C16H32O. The second-order valence-corrected chi connectivity index (χ2v) is 5.05. The van der Waals surface area contributed by atoms with E-state index < -0.39 is 0 Å². The van der Waals surface area contributed by atoms with Crippen LogP contribution in [-0.4, -0.2) is 11.2 Å². The minimum absolute atomic E-state index is 0.0574. The molecule has 0 bridgehead atoms. The fourth-order valence-corrected chi connectivity index (χ4v) is 2.04. The van der Waals surface area contributed by atoms with Gasteiger partial charge in [0.25, 0.3) is 0 Å². The molecule has 0 saturated carbocycles. The van der Waals surface area contributed by atoms with Crippen LogP contribution in [0.1, 0.15) is 84.5 Å². The van der Waals surface area contributed by atoms with E-state index in [0.29, 0.717) is 0 Å². The van der Waals surface area contributed by atoms with E-state index in [1.54, 1.807) is 0 Å². The lowest BCUT2D eigenvalue weighted by molar-refractivity contribution is 0.150. The molecule has 0 spiro atoms. The molecule has 0 aromatic carbocycles.